The molecule has 182 valence electrons. The standard InChI is InChI=1S/C26H28ClN5O3/c1-17-29-30-25(35-17)28-24(34)26(2)11-14-32(22-8-4-3-7-18(22)16-26)23(33)20-10-9-19(15-21(20)27)31-12-5-6-13-31/h3-4,7-10,15H,5-6,11-14,16H2,1-2H3,(H,28,30,34). The fraction of sp³-hybridized carbons (Fsp3) is 0.385. The fourth-order valence-electron chi connectivity index (χ4n) is 4.91. The maximum absolute atomic E-state index is 13.7. The number of hydrogen-bond donors (Lipinski definition) is 1. The van der Waals surface area contributed by atoms with E-state index in [2.05, 4.69) is 20.4 Å². The Balaban J connectivity index is 1.42. The van der Waals surface area contributed by atoms with Gasteiger partial charge < -0.3 is 14.2 Å². The maximum atomic E-state index is 13.7. The van der Waals surface area contributed by atoms with Gasteiger partial charge in [0.2, 0.25) is 11.8 Å². The van der Waals surface area contributed by atoms with Crippen LogP contribution in [-0.2, 0) is 11.2 Å². The minimum absolute atomic E-state index is 0.0732. The van der Waals surface area contributed by atoms with E-state index in [0.29, 0.717) is 35.9 Å². The van der Waals surface area contributed by atoms with Crippen LogP contribution >= 0.6 is 11.6 Å². The second-order valence-corrected chi connectivity index (χ2v) is 9.92. The zero-order chi connectivity index (χ0) is 24.6. The fourth-order valence-corrected chi connectivity index (χ4v) is 5.16. The van der Waals surface area contributed by atoms with Gasteiger partial charge in [0.1, 0.15) is 0 Å². The first-order chi connectivity index (χ1) is 16.8. The summed E-state index contributed by atoms with van der Waals surface area (Å²) in [4.78, 5) is 31.0. The van der Waals surface area contributed by atoms with E-state index in [1.165, 1.54) is 12.8 Å². The highest BCUT2D eigenvalue weighted by molar-refractivity contribution is 6.35. The second kappa shape index (κ2) is 9.34. The van der Waals surface area contributed by atoms with Gasteiger partial charge in [-0.1, -0.05) is 41.8 Å². The molecule has 2 amide bonds. The zero-order valence-corrected chi connectivity index (χ0v) is 20.6. The molecule has 5 rings (SSSR count). The summed E-state index contributed by atoms with van der Waals surface area (Å²) in [7, 11) is 0. The number of fused-ring (bicyclic) bond motifs is 1. The van der Waals surface area contributed by atoms with Gasteiger partial charge in [-0.15, -0.1) is 5.10 Å². The molecule has 0 radical (unpaired) electrons. The first-order valence-corrected chi connectivity index (χ1v) is 12.3. The average molecular weight is 494 g/mol. The lowest BCUT2D eigenvalue weighted by atomic mass is 9.80. The van der Waals surface area contributed by atoms with Gasteiger partial charge in [-0.25, -0.2) is 0 Å². The molecule has 8 nitrogen and oxygen atoms in total. The smallest absolute Gasteiger partial charge is 0.322 e. The number of benzene rings is 2. The molecule has 1 N–H and O–H groups in total. The van der Waals surface area contributed by atoms with Crippen LogP contribution in [0.15, 0.2) is 46.9 Å². The molecule has 3 heterocycles. The molecule has 1 aromatic heterocycles. The second-order valence-electron chi connectivity index (χ2n) is 9.51. The van der Waals surface area contributed by atoms with Crippen molar-refractivity contribution in [1.29, 1.82) is 0 Å². The summed E-state index contributed by atoms with van der Waals surface area (Å²) < 4.78 is 5.33. The molecule has 2 aliphatic rings. The lowest BCUT2D eigenvalue weighted by Crippen LogP contribution is -2.38. The van der Waals surface area contributed by atoms with Crippen molar-refractivity contribution in [2.75, 3.05) is 34.8 Å². The predicted octanol–water partition coefficient (Wildman–Crippen LogP) is 4.87. The molecule has 0 saturated carbocycles. The molecule has 1 fully saturated rings. The number of aromatic nitrogens is 2. The molecule has 3 aromatic rings. The SMILES string of the molecule is Cc1nnc(NC(=O)C2(C)CCN(C(=O)c3ccc(N4CCCC4)cc3Cl)c3ccccc3C2)o1. The van der Waals surface area contributed by atoms with Gasteiger partial charge in [-0.05, 0) is 55.5 Å². The molecule has 35 heavy (non-hydrogen) atoms. The van der Waals surface area contributed by atoms with Crippen molar-refractivity contribution in [1.82, 2.24) is 10.2 Å². The number of para-hydroxylation sites is 1. The Morgan fingerprint density at radius 2 is 1.86 bits per heavy atom. The summed E-state index contributed by atoms with van der Waals surface area (Å²) in [6.45, 7) is 5.94. The number of halogens is 1. The predicted molar refractivity (Wildman–Crippen MR) is 135 cm³/mol. The van der Waals surface area contributed by atoms with Gasteiger partial charge >= 0.3 is 6.01 Å². The Morgan fingerprint density at radius 1 is 1.09 bits per heavy atom. The van der Waals surface area contributed by atoms with Crippen molar-refractivity contribution >= 4 is 40.8 Å². The van der Waals surface area contributed by atoms with Crippen LogP contribution < -0.4 is 15.1 Å². The summed E-state index contributed by atoms with van der Waals surface area (Å²) in [5, 5.41) is 10.8. The van der Waals surface area contributed by atoms with Crippen LogP contribution in [0.1, 0.15) is 48.0 Å². The molecule has 0 spiro atoms. The highest BCUT2D eigenvalue weighted by Gasteiger charge is 2.39. The Bertz CT molecular complexity index is 1270. The highest BCUT2D eigenvalue weighted by Crippen LogP contribution is 2.38. The van der Waals surface area contributed by atoms with Crippen molar-refractivity contribution in [2.24, 2.45) is 5.41 Å². The lowest BCUT2D eigenvalue weighted by Gasteiger charge is -2.26. The third-order valence-electron chi connectivity index (χ3n) is 6.94. The van der Waals surface area contributed by atoms with Crippen molar-refractivity contribution in [3.05, 3.63) is 64.5 Å². The van der Waals surface area contributed by atoms with E-state index >= 15 is 0 Å². The number of aryl methyl sites for hydroxylation is 1. The molecule has 0 aliphatic carbocycles. The van der Waals surface area contributed by atoms with E-state index in [1.54, 1.807) is 11.8 Å². The third kappa shape index (κ3) is 4.62. The normalized spacial score (nSPS) is 19.9. The Morgan fingerprint density at radius 3 is 2.57 bits per heavy atom. The minimum atomic E-state index is -0.781. The number of nitrogens with zero attached hydrogens (tertiary/aromatic N) is 4. The summed E-state index contributed by atoms with van der Waals surface area (Å²) in [5.41, 5.74) is 2.43. The van der Waals surface area contributed by atoms with Crippen LogP contribution in [0.25, 0.3) is 0 Å². The first-order valence-electron chi connectivity index (χ1n) is 11.9. The number of anilines is 3. The first kappa shape index (κ1) is 23.4. The average Bonchev–Trinajstić information content (AvgIpc) is 3.49. The largest absolute Gasteiger partial charge is 0.408 e. The van der Waals surface area contributed by atoms with Gasteiger partial charge in [0.15, 0.2) is 0 Å². The van der Waals surface area contributed by atoms with Crippen molar-refractivity contribution < 1.29 is 14.0 Å². The monoisotopic (exact) mass is 493 g/mol. The number of amides is 2. The molecule has 2 aliphatic heterocycles. The van der Waals surface area contributed by atoms with Crippen LogP contribution in [0.2, 0.25) is 5.02 Å². The van der Waals surface area contributed by atoms with Gasteiger partial charge in [0.25, 0.3) is 5.91 Å². The van der Waals surface area contributed by atoms with Gasteiger partial charge in [-0.2, -0.15) is 0 Å². The number of rotatable bonds is 4. The van der Waals surface area contributed by atoms with Crippen LogP contribution in [0.3, 0.4) is 0 Å². The van der Waals surface area contributed by atoms with E-state index in [9.17, 15) is 9.59 Å². The topological polar surface area (TPSA) is 91.6 Å². The third-order valence-corrected chi connectivity index (χ3v) is 7.26. The molecular formula is C26H28ClN5O3. The highest BCUT2D eigenvalue weighted by atomic mass is 35.5. The lowest BCUT2D eigenvalue weighted by molar-refractivity contribution is -0.125. The van der Waals surface area contributed by atoms with E-state index in [0.717, 1.165) is 30.0 Å². The Hall–Kier alpha value is -3.39. The van der Waals surface area contributed by atoms with E-state index in [1.807, 2.05) is 49.4 Å². The summed E-state index contributed by atoms with van der Waals surface area (Å²) in [6.07, 6.45) is 3.26. The summed E-state index contributed by atoms with van der Waals surface area (Å²) in [6, 6.07) is 13.4. The summed E-state index contributed by atoms with van der Waals surface area (Å²) >= 11 is 6.63. The van der Waals surface area contributed by atoms with Gasteiger partial charge in [0, 0.05) is 37.9 Å². The van der Waals surface area contributed by atoms with Crippen molar-refractivity contribution in [3.8, 4) is 0 Å². The number of carbonyl (C=O) groups excluding carboxylic acids is 2. The molecule has 1 saturated heterocycles. The number of nitrogens with one attached hydrogen (secondary N) is 1. The van der Waals surface area contributed by atoms with Gasteiger partial charge in [-0.3, -0.25) is 14.9 Å². The van der Waals surface area contributed by atoms with Gasteiger partial charge in [0.05, 0.1) is 16.0 Å². The minimum Gasteiger partial charge on any atom is -0.408 e. The van der Waals surface area contributed by atoms with Crippen LogP contribution in [0, 0.1) is 12.3 Å². The quantitative estimate of drug-likeness (QED) is 0.557. The molecule has 1 unspecified atom stereocenters. The zero-order valence-electron chi connectivity index (χ0n) is 19.9. The van der Waals surface area contributed by atoms with Crippen LogP contribution in [0.5, 0.6) is 0 Å². The number of carbonyl (C=O) groups is 2. The summed E-state index contributed by atoms with van der Waals surface area (Å²) in [5.74, 6) is -0.0214. The molecule has 1 atom stereocenters. The molecular weight excluding hydrogens is 466 g/mol. The maximum Gasteiger partial charge on any atom is 0.322 e. The van der Waals surface area contributed by atoms with E-state index in [-0.39, 0.29) is 17.8 Å². The Kier molecular flexibility index (Phi) is 6.23. The molecule has 9 heteroatoms. The molecule has 2 aromatic carbocycles. The Labute approximate surface area is 209 Å². The number of hydrogen-bond acceptors (Lipinski definition) is 6. The van der Waals surface area contributed by atoms with Crippen LogP contribution in [0.4, 0.5) is 17.4 Å². The van der Waals surface area contributed by atoms with Crippen LogP contribution in [-0.4, -0.2) is 41.6 Å². The van der Waals surface area contributed by atoms with Crippen molar-refractivity contribution in [2.45, 2.75) is 39.5 Å². The van der Waals surface area contributed by atoms with E-state index < -0.39 is 5.41 Å². The van der Waals surface area contributed by atoms with E-state index in [4.69, 9.17) is 16.0 Å². The molecule has 0 bridgehead atoms. The van der Waals surface area contributed by atoms with Crippen molar-refractivity contribution in [3.63, 3.8) is 0 Å².